The lowest BCUT2D eigenvalue weighted by atomic mass is 10.1. The number of rotatable bonds is 5. The van der Waals surface area contributed by atoms with Crippen molar-refractivity contribution in [3.05, 3.63) is 69.7 Å². The van der Waals surface area contributed by atoms with Crippen LogP contribution in [0.4, 0.5) is 0 Å². The van der Waals surface area contributed by atoms with Crippen LogP contribution in [0.1, 0.15) is 35.4 Å². The molecule has 0 radical (unpaired) electrons. The zero-order valence-corrected chi connectivity index (χ0v) is 12.4. The summed E-state index contributed by atoms with van der Waals surface area (Å²) in [6.45, 7) is 2.06. The maximum Gasteiger partial charge on any atom is 0.126 e. The summed E-state index contributed by atoms with van der Waals surface area (Å²) in [4.78, 5) is 1.11. The Morgan fingerprint density at radius 3 is 2.30 bits per heavy atom. The van der Waals surface area contributed by atoms with Gasteiger partial charge in [0, 0.05) is 4.88 Å². The van der Waals surface area contributed by atoms with E-state index in [2.05, 4.69) is 12.2 Å². The van der Waals surface area contributed by atoms with Gasteiger partial charge in [-0.25, -0.2) is 0 Å². The van der Waals surface area contributed by atoms with Crippen molar-refractivity contribution < 1.29 is 8.83 Å². The fourth-order valence-corrected chi connectivity index (χ4v) is 3.24. The minimum absolute atomic E-state index is 0.0393. The lowest BCUT2D eigenvalue weighted by molar-refractivity contribution is 0.380. The van der Waals surface area contributed by atoms with Crippen molar-refractivity contribution in [3.8, 4) is 0 Å². The van der Waals surface area contributed by atoms with Crippen LogP contribution < -0.4 is 5.32 Å². The Labute approximate surface area is 126 Å². The molecule has 1 unspecified atom stereocenters. The van der Waals surface area contributed by atoms with Gasteiger partial charge in [-0.15, -0.1) is 11.3 Å². The number of hydrogen-bond donors (Lipinski definition) is 1. The molecule has 0 amide bonds. The van der Waals surface area contributed by atoms with Crippen LogP contribution in [-0.2, 0) is 0 Å². The second kappa shape index (κ2) is 5.87. The maximum atomic E-state index is 6.04. The number of hydrogen-bond acceptors (Lipinski definition) is 4. The molecule has 3 aromatic rings. The van der Waals surface area contributed by atoms with E-state index in [1.54, 1.807) is 23.9 Å². The van der Waals surface area contributed by atoms with E-state index in [1.165, 1.54) is 0 Å². The van der Waals surface area contributed by atoms with Crippen molar-refractivity contribution in [2.45, 2.75) is 19.0 Å². The molecular formula is C15H14ClNO2S. The van der Waals surface area contributed by atoms with Gasteiger partial charge in [0.25, 0.3) is 0 Å². The summed E-state index contributed by atoms with van der Waals surface area (Å²) in [6.07, 6.45) is 3.36. The van der Waals surface area contributed by atoms with Crippen molar-refractivity contribution >= 4 is 22.9 Å². The smallest absolute Gasteiger partial charge is 0.126 e. The first-order chi connectivity index (χ1) is 9.74. The maximum absolute atomic E-state index is 6.04. The Hall–Kier alpha value is -1.49. The number of nitrogens with one attached hydrogen (secondary N) is 1. The van der Waals surface area contributed by atoms with Gasteiger partial charge in [0.1, 0.15) is 17.6 Å². The fraction of sp³-hybridized carbons (Fsp3) is 0.200. The summed E-state index contributed by atoms with van der Waals surface area (Å²) in [6, 6.07) is 11.6. The SMILES string of the molecule is C[C@H](NC(c1ccco1)c1ccc(Cl)s1)c1ccco1. The zero-order chi connectivity index (χ0) is 13.9. The van der Waals surface area contributed by atoms with E-state index in [0.29, 0.717) is 0 Å². The topological polar surface area (TPSA) is 38.3 Å². The van der Waals surface area contributed by atoms with E-state index in [1.807, 2.05) is 36.4 Å². The first-order valence-electron chi connectivity index (χ1n) is 6.32. The van der Waals surface area contributed by atoms with Gasteiger partial charge < -0.3 is 8.83 Å². The summed E-state index contributed by atoms with van der Waals surface area (Å²) in [5, 5.41) is 3.52. The average molecular weight is 308 g/mol. The summed E-state index contributed by atoms with van der Waals surface area (Å²) in [7, 11) is 0. The second-order valence-electron chi connectivity index (χ2n) is 4.49. The first-order valence-corrected chi connectivity index (χ1v) is 7.51. The van der Waals surface area contributed by atoms with Gasteiger partial charge in [-0.05, 0) is 43.3 Å². The molecule has 3 aromatic heterocycles. The van der Waals surface area contributed by atoms with Crippen LogP contribution in [0, 0.1) is 0 Å². The third-order valence-electron chi connectivity index (χ3n) is 3.09. The molecule has 0 aliphatic carbocycles. The van der Waals surface area contributed by atoms with Gasteiger partial charge >= 0.3 is 0 Å². The lowest BCUT2D eigenvalue weighted by Crippen LogP contribution is -2.24. The minimum Gasteiger partial charge on any atom is -0.468 e. The van der Waals surface area contributed by atoms with Crippen molar-refractivity contribution in [1.82, 2.24) is 5.32 Å². The molecule has 0 saturated carbocycles. The largest absolute Gasteiger partial charge is 0.468 e. The van der Waals surface area contributed by atoms with Crippen LogP contribution in [-0.4, -0.2) is 0 Å². The molecule has 5 heteroatoms. The molecule has 0 aromatic carbocycles. The monoisotopic (exact) mass is 307 g/mol. The molecule has 0 spiro atoms. The van der Waals surface area contributed by atoms with Crippen molar-refractivity contribution in [2.24, 2.45) is 0 Å². The van der Waals surface area contributed by atoms with E-state index >= 15 is 0 Å². The van der Waals surface area contributed by atoms with Crippen LogP contribution in [0.15, 0.2) is 57.8 Å². The average Bonchev–Trinajstić information content (AvgIpc) is 3.17. The minimum atomic E-state index is -0.0393. The Kier molecular flexibility index (Phi) is 3.96. The van der Waals surface area contributed by atoms with Crippen LogP contribution in [0.25, 0.3) is 0 Å². The Balaban J connectivity index is 1.87. The Morgan fingerprint density at radius 2 is 1.75 bits per heavy atom. The standard InChI is InChI=1S/C15H14ClNO2S/c1-10(11-4-2-8-18-11)17-15(12-5-3-9-19-12)13-6-7-14(16)20-13/h2-10,15,17H,1H3/t10-,15?/m0/s1. The predicted octanol–water partition coefficient (Wildman–Crippen LogP) is 5.03. The molecule has 104 valence electrons. The molecule has 20 heavy (non-hydrogen) atoms. The molecule has 3 nitrogen and oxygen atoms in total. The van der Waals surface area contributed by atoms with Gasteiger partial charge in [0.2, 0.25) is 0 Å². The molecule has 0 aliphatic heterocycles. The first kappa shape index (κ1) is 13.5. The van der Waals surface area contributed by atoms with Crippen LogP contribution in [0.3, 0.4) is 0 Å². The third kappa shape index (κ3) is 2.82. The fourth-order valence-electron chi connectivity index (χ4n) is 2.11. The van der Waals surface area contributed by atoms with Crippen molar-refractivity contribution in [2.75, 3.05) is 0 Å². The Morgan fingerprint density at radius 1 is 1.05 bits per heavy atom. The Bertz CT molecular complexity index is 645. The summed E-state index contributed by atoms with van der Waals surface area (Å²) in [5.41, 5.74) is 0. The van der Waals surface area contributed by atoms with E-state index in [-0.39, 0.29) is 12.1 Å². The van der Waals surface area contributed by atoms with Gasteiger partial charge in [-0.2, -0.15) is 0 Å². The number of thiophene rings is 1. The van der Waals surface area contributed by atoms with E-state index in [4.69, 9.17) is 20.4 Å². The van der Waals surface area contributed by atoms with Gasteiger partial charge in [0.05, 0.1) is 22.9 Å². The molecule has 1 N–H and O–H groups in total. The highest BCUT2D eigenvalue weighted by Crippen LogP contribution is 2.33. The lowest BCUT2D eigenvalue weighted by Gasteiger charge is -2.19. The number of halogens is 1. The molecule has 2 atom stereocenters. The zero-order valence-electron chi connectivity index (χ0n) is 10.9. The predicted molar refractivity (Wildman–Crippen MR) is 80.1 cm³/mol. The van der Waals surface area contributed by atoms with Gasteiger partial charge in [-0.1, -0.05) is 11.6 Å². The molecule has 0 aliphatic rings. The number of furan rings is 2. The van der Waals surface area contributed by atoms with Gasteiger partial charge in [-0.3, -0.25) is 5.32 Å². The highest BCUT2D eigenvalue weighted by molar-refractivity contribution is 7.16. The van der Waals surface area contributed by atoms with E-state index in [9.17, 15) is 0 Å². The summed E-state index contributed by atoms with van der Waals surface area (Å²) >= 11 is 7.59. The van der Waals surface area contributed by atoms with Crippen molar-refractivity contribution in [1.29, 1.82) is 0 Å². The van der Waals surface area contributed by atoms with Gasteiger partial charge in [0.15, 0.2) is 0 Å². The second-order valence-corrected chi connectivity index (χ2v) is 6.24. The highest BCUT2D eigenvalue weighted by atomic mass is 35.5. The summed E-state index contributed by atoms with van der Waals surface area (Å²) < 4.78 is 11.8. The van der Waals surface area contributed by atoms with Crippen molar-refractivity contribution in [3.63, 3.8) is 0 Å². The van der Waals surface area contributed by atoms with Crippen LogP contribution >= 0.6 is 22.9 Å². The van der Waals surface area contributed by atoms with Crippen LogP contribution in [0.5, 0.6) is 0 Å². The molecule has 3 heterocycles. The normalized spacial score (nSPS) is 14.3. The van der Waals surface area contributed by atoms with E-state index < -0.39 is 0 Å². The highest BCUT2D eigenvalue weighted by Gasteiger charge is 2.22. The molecule has 0 bridgehead atoms. The van der Waals surface area contributed by atoms with Crippen LogP contribution in [0.2, 0.25) is 4.34 Å². The summed E-state index contributed by atoms with van der Waals surface area (Å²) in [5.74, 6) is 1.76. The molecular weight excluding hydrogens is 294 g/mol. The molecule has 3 rings (SSSR count). The third-order valence-corrected chi connectivity index (χ3v) is 4.39. The molecule has 0 saturated heterocycles. The van der Waals surface area contributed by atoms with E-state index in [0.717, 1.165) is 20.7 Å². The molecule has 0 fully saturated rings. The quantitative estimate of drug-likeness (QED) is 0.718.